The van der Waals surface area contributed by atoms with Crippen molar-refractivity contribution in [2.75, 3.05) is 165 Å². The van der Waals surface area contributed by atoms with Crippen molar-refractivity contribution >= 4 is 17.8 Å². The fourth-order valence-corrected chi connectivity index (χ4v) is 3.29. The second kappa shape index (κ2) is 40.4. The van der Waals surface area contributed by atoms with Crippen LogP contribution in [-0.2, 0) is 71.2 Å². The Morgan fingerprint density at radius 1 is 0.347 bits per heavy atom. The minimum atomic E-state index is -1.00. The summed E-state index contributed by atoms with van der Waals surface area (Å²) in [5.74, 6) is -2.26. The summed E-state index contributed by atoms with van der Waals surface area (Å²) in [7, 11) is 0. The van der Waals surface area contributed by atoms with E-state index >= 15 is 0 Å². The molecule has 0 aliphatic heterocycles. The van der Waals surface area contributed by atoms with E-state index in [0.29, 0.717) is 158 Å². The standard InChI is InChI=1S/C31H59NO17/c33-29(2-3-30(34)35)32-4-1-5-38-6-7-39-8-9-40-10-11-41-12-13-42-14-15-43-16-17-44-18-19-45-20-21-46-22-23-47-24-25-48-26-27-49-28-31(36)37/h1-28H2,(H,32,33)(H,34,35)(H,36,37). The molecule has 0 fully saturated rings. The number of carboxylic acid groups (broad SMARTS) is 2. The molecule has 0 saturated heterocycles. The molecule has 0 bridgehead atoms. The van der Waals surface area contributed by atoms with E-state index in [1.54, 1.807) is 0 Å². The Morgan fingerprint density at radius 2 is 0.612 bits per heavy atom. The normalized spacial score (nSPS) is 11.3. The maximum atomic E-state index is 11.4. The molecule has 3 N–H and O–H groups in total. The van der Waals surface area contributed by atoms with E-state index in [1.807, 2.05) is 0 Å². The molecule has 0 atom stereocenters. The Hall–Kier alpha value is -2.07. The highest BCUT2D eigenvalue weighted by Crippen LogP contribution is 1.90. The molecule has 0 aliphatic carbocycles. The number of aliphatic carboxylic acids is 2. The number of amides is 1. The number of carbonyl (C=O) groups is 3. The molecule has 18 heteroatoms. The second-order valence-electron chi connectivity index (χ2n) is 9.78. The summed E-state index contributed by atoms with van der Waals surface area (Å²) in [5.41, 5.74) is 0. The highest BCUT2D eigenvalue weighted by atomic mass is 16.6. The number of rotatable bonds is 42. The lowest BCUT2D eigenvalue weighted by atomic mass is 10.3. The van der Waals surface area contributed by atoms with Gasteiger partial charge in [-0.25, -0.2) is 4.79 Å². The topological polar surface area (TPSA) is 214 Å². The molecule has 0 saturated carbocycles. The zero-order chi connectivity index (χ0) is 35.7. The van der Waals surface area contributed by atoms with Gasteiger partial charge in [-0.1, -0.05) is 0 Å². The number of carboxylic acids is 2. The van der Waals surface area contributed by atoms with E-state index in [4.69, 9.17) is 67.1 Å². The average Bonchev–Trinajstić information content (AvgIpc) is 3.08. The zero-order valence-corrected chi connectivity index (χ0v) is 28.8. The van der Waals surface area contributed by atoms with Crippen molar-refractivity contribution < 1.29 is 81.4 Å². The van der Waals surface area contributed by atoms with E-state index in [0.717, 1.165) is 0 Å². The molecule has 0 radical (unpaired) electrons. The van der Waals surface area contributed by atoms with Crippen molar-refractivity contribution in [2.24, 2.45) is 0 Å². The quantitative estimate of drug-likeness (QED) is 0.0688. The van der Waals surface area contributed by atoms with E-state index in [2.05, 4.69) is 5.32 Å². The maximum Gasteiger partial charge on any atom is 0.329 e. The SMILES string of the molecule is O=C(O)CCC(=O)NCCCOCCOCCOCCOCCOCCOCCOCCOCCOCCOCCOCCOCC(=O)O. The summed E-state index contributed by atoms with van der Waals surface area (Å²) in [4.78, 5) is 32.0. The van der Waals surface area contributed by atoms with Gasteiger partial charge in [0.05, 0.1) is 152 Å². The Kier molecular flexibility index (Phi) is 38.7. The van der Waals surface area contributed by atoms with Gasteiger partial charge in [-0.3, -0.25) is 9.59 Å². The van der Waals surface area contributed by atoms with Crippen molar-refractivity contribution in [3.8, 4) is 0 Å². The Balaban J connectivity index is 3.09. The Labute approximate surface area is 289 Å². The summed E-state index contributed by atoms with van der Waals surface area (Å²) in [6.07, 6.45) is 0.461. The predicted octanol–water partition coefficient (Wildman–Crippen LogP) is -0.359. The van der Waals surface area contributed by atoms with E-state index in [1.165, 1.54) is 0 Å². The number of ether oxygens (including phenoxy) is 12. The van der Waals surface area contributed by atoms with Gasteiger partial charge in [-0.15, -0.1) is 0 Å². The van der Waals surface area contributed by atoms with E-state index < -0.39 is 11.9 Å². The Morgan fingerprint density at radius 3 is 0.878 bits per heavy atom. The van der Waals surface area contributed by atoms with Gasteiger partial charge in [-0.2, -0.15) is 0 Å². The average molecular weight is 718 g/mol. The van der Waals surface area contributed by atoms with Gasteiger partial charge in [0.2, 0.25) is 5.91 Å². The third kappa shape index (κ3) is 43.9. The predicted molar refractivity (Wildman–Crippen MR) is 172 cm³/mol. The summed E-state index contributed by atoms with van der Waals surface area (Å²) < 4.78 is 64.4. The number of hydrogen-bond acceptors (Lipinski definition) is 15. The number of hydrogen-bond donors (Lipinski definition) is 3. The molecule has 18 nitrogen and oxygen atoms in total. The lowest BCUT2D eigenvalue weighted by Crippen LogP contribution is -2.25. The van der Waals surface area contributed by atoms with E-state index in [9.17, 15) is 14.4 Å². The van der Waals surface area contributed by atoms with Crippen molar-refractivity contribution in [2.45, 2.75) is 19.3 Å². The molecule has 0 spiro atoms. The molecule has 0 aromatic rings. The number of nitrogens with one attached hydrogen (secondary N) is 1. The van der Waals surface area contributed by atoms with Crippen LogP contribution in [0, 0.1) is 0 Å². The summed E-state index contributed by atoms with van der Waals surface area (Å²) in [5, 5.41) is 19.6. The van der Waals surface area contributed by atoms with Gasteiger partial charge >= 0.3 is 11.9 Å². The van der Waals surface area contributed by atoms with Crippen LogP contribution >= 0.6 is 0 Å². The van der Waals surface area contributed by atoms with Crippen LogP contribution in [0.25, 0.3) is 0 Å². The first-order valence-corrected chi connectivity index (χ1v) is 16.7. The second-order valence-corrected chi connectivity index (χ2v) is 9.78. The fraction of sp³-hybridized carbons (Fsp3) is 0.903. The van der Waals surface area contributed by atoms with Gasteiger partial charge in [-0.05, 0) is 6.42 Å². The first kappa shape index (κ1) is 46.9. The van der Waals surface area contributed by atoms with Crippen molar-refractivity contribution in [1.29, 1.82) is 0 Å². The summed E-state index contributed by atoms with van der Waals surface area (Å²) in [6.45, 7) is 10.3. The smallest absolute Gasteiger partial charge is 0.329 e. The maximum absolute atomic E-state index is 11.4. The molecular weight excluding hydrogens is 658 g/mol. The number of carbonyl (C=O) groups excluding carboxylic acids is 1. The van der Waals surface area contributed by atoms with Crippen LogP contribution in [0.1, 0.15) is 19.3 Å². The van der Waals surface area contributed by atoms with Crippen molar-refractivity contribution in [3.63, 3.8) is 0 Å². The molecule has 49 heavy (non-hydrogen) atoms. The van der Waals surface area contributed by atoms with Gasteiger partial charge in [0.25, 0.3) is 0 Å². The molecule has 0 aliphatic rings. The van der Waals surface area contributed by atoms with Gasteiger partial charge in [0, 0.05) is 19.6 Å². The minimum Gasteiger partial charge on any atom is -0.481 e. The summed E-state index contributed by atoms with van der Waals surface area (Å²) >= 11 is 0. The first-order valence-electron chi connectivity index (χ1n) is 16.7. The monoisotopic (exact) mass is 717 g/mol. The Bertz CT molecular complexity index is 734. The fourth-order valence-electron chi connectivity index (χ4n) is 3.29. The molecule has 0 rings (SSSR count). The van der Waals surface area contributed by atoms with Crippen LogP contribution in [-0.4, -0.2) is 193 Å². The van der Waals surface area contributed by atoms with Gasteiger partial charge in [0.1, 0.15) is 6.61 Å². The molecule has 290 valence electrons. The largest absolute Gasteiger partial charge is 0.481 e. The molecule has 0 aromatic carbocycles. The van der Waals surface area contributed by atoms with Crippen LogP contribution < -0.4 is 5.32 Å². The molecule has 0 heterocycles. The highest BCUT2D eigenvalue weighted by molar-refractivity contribution is 5.80. The molecule has 0 unspecified atom stereocenters. The van der Waals surface area contributed by atoms with Gasteiger partial charge in [0.15, 0.2) is 0 Å². The van der Waals surface area contributed by atoms with Crippen LogP contribution in [0.15, 0.2) is 0 Å². The van der Waals surface area contributed by atoms with Crippen molar-refractivity contribution in [1.82, 2.24) is 5.32 Å². The molecular formula is C31H59NO17. The molecule has 1 amide bonds. The van der Waals surface area contributed by atoms with Crippen LogP contribution in [0.2, 0.25) is 0 Å². The third-order valence-corrected chi connectivity index (χ3v) is 5.67. The van der Waals surface area contributed by atoms with Crippen LogP contribution in [0.5, 0.6) is 0 Å². The van der Waals surface area contributed by atoms with Gasteiger partial charge < -0.3 is 72.4 Å². The van der Waals surface area contributed by atoms with Crippen LogP contribution in [0.4, 0.5) is 0 Å². The first-order chi connectivity index (χ1) is 24.0. The molecule has 0 aromatic heterocycles. The minimum absolute atomic E-state index is 0.0153. The summed E-state index contributed by atoms with van der Waals surface area (Å²) in [6, 6.07) is 0. The van der Waals surface area contributed by atoms with Crippen molar-refractivity contribution in [3.05, 3.63) is 0 Å². The lowest BCUT2D eigenvalue weighted by molar-refractivity contribution is -0.142. The third-order valence-electron chi connectivity index (χ3n) is 5.67. The zero-order valence-electron chi connectivity index (χ0n) is 28.8. The highest BCUT2D eigenvalue weighted by Gasteiger charge is 2.04. The van der Waals surface area contributed by atoms with Crippen LogP contribution in [0.3, 0.4) is 0 Å². The lowest BCUT2D eigenvalue weighted by Gasteiger charge is -2.09. The van der Waals surface area contributed by atoms with E-state index in [-0.39, 0.29) is 32.0 Å².